The lowest BCUT2D eigenvalue weighted by Crippen LogP contribution is -2.45. The van der Waals surface area contributed by atoms with Gasteiger partial charge < -0.3 is 9.67 Å². The molecule has 1 aliphatic rings. The summed E-state index contributed by atoms with van der Waals surface area (Å²) < 4.78 is 31.8. The third-order valence-electron chi connectivity index (χ3n) is 5.57. The van der Waals surface area contributed by atoms with Gasteiger partial charge in [0.05, 0.1) is 12.1 Å². The minimum Gasteiger partial charge on any atom is -0.387 e. The summed E-state index contributed by atoms with van der Waals surface area (Å²) >= 11 is 1.65. The fraction of sp³-hybridized carbons (Fsp3) is 0.429. The van der Waals surface area contributed by atoms with Gasteiger partial charge in [-0.1, -0.05) is 11.9 Å². The summed E-state index contributed by atoms with van der Waals surface area (Å²) in [5.74, 6) is -0.708. The monoisotopic (exact) mass is 390 g/mol. The van der Waals surface area contributed by atoms with Crippen molar-refractivity contribution < 1.29 is 13.9 Å². The van der Waals surface area contributed by atoms with Crippen LogP contribution in [0.2, 0.25) is 0 Å². The molecule has 3 nitrogen and oxygen atoms in total. The van der Waals surface area contributed by atoms with Crippen molar-refractivity contribution in [3.63, 3.8) is 0 Å². The van der Waals surface area contributed by atoms with Crippen LogP contribution < -0.4 is 0 Å². The van der Waals surface area contributed by atoms with E-state index in [0.717, 1.165) is 23.9 Å². The number of fused-ring (bicyclic) bond motifs is 3. The van der Waals surface area contributed by atoms with Crippen LogP contribution in [0.1, 0.15) is 26.7 Å². The van der Waals surface area contributed by atoms with Crippen LogP contribution in [0.4, 0.5) is 8.78 Å². The highest BCUT2D eigenvalue weighted by Gasteiger charge is 2.45. The SMILES string of the molecule is CSN(CC(C)(O)Cn1c2ccc(F)cc2c2cc(F)ccc21)C1(C)CC1. The van der Waals surface area contributed by atoms with Gasteiger partial charge in [-0.2, -0.15) is 0 Å². The molecule has 4 rings (SSSR count). The van der Waals surface area contributed by atoms with E-state index >= 15 is 0 Å². The second-order valence-electron chi connectivity index (χ2n) is 8.12. The Labute approximate surface area is 162 Å². The number of aliphatic hydroxyl groups is 1. The van der Waals surface area contributed by atoms with Gasteiger partial charge in [-0.3, -0.25) is 0 Å². The molecule has 1 atom stereocenters. The van der Waals surface area contributed by atoms with Crippen LogP contribution in [0.25, 0.3) is 21.8 Å². The predicted octanol–water partition coefficient (Wildman–Crippen LogP) is 4.96. The Hall–Kier alpha value is -1.63. The molecule has 1 aromatic heterocycles. The van der Waals surface area contributed by atoms with Crippen molar-refractivity contribution in [3.8, 4) is 0 Å². The van der Waals surface area contributed by atoms with Gasteiger partial charge in [0, 0.05) is 33.9 Å². The van der Waals surface area contributed by atoms with Crippen LogP contribution in [0.5, 0.6) is 0 Å². The van der Waals surface area contributed by atoms with Crippen molar-refractivity contribution in [2.24, 2.45) is 0 Å². The lowest BCUT2D eigenvalue weighted by atomic mass is 10.1. The zero-order chi connectivity index (χ0) is 19.4. The molecule has 0 radical (unpaired) electrons. The molecule has 6 heteroatoms. The maximum Gasteiger partial charge on any atom is 0.123 e. The number of aromatic nitrogens is 1. The number of hydrogen-bond acceptors (Lipinski definition) is 3. The Kier molecular flexibility index (Phi) is 4.48. The number of β-amino-alcohol motifs (C(OH)–C–C–N with tert-alkyl or cyclic N) is 1. The second-order valence-corrected chi connectivity index (χ2v) is 8.93. The zero-order valence-electron chi connectivity index (χ0n) is 15.8. The van der Waals surface area contributed by atoms with E-state index in [0.29, 0.717) is 23.9 Å². The average molecular weight is 390 g/mol. The van der Waals surface area contributed by atoms with Crippen molar-refractivity contribution >= 4 is 33.8 Å². The molecule has 3 aromatic rings. The quantitative estimate of drug-likeness (QED) is 0.603. The molecule has 1 fully saturated rings. The Morgan fingerprint density at radius 1 is 1.11 bits per heavy atom. The fourth-order valence-electron chi connectivity index (χ4n) is 3.82. The van der Waals surface area contributed by atoms with Gasteiger partial charge in [-0.05, 0) is 69.3 Å². The van der Waals surface area contributed by atoms with E-state index in [4.69, 9.17) is 0 Å². The van der Waals surface area contributed by atoms with E-state index in [2.05, 4.69) is 11.2 Å². The summed E-state index contributed by atoms with van der Waals surface area (Å²) in [6.45, 7) is 4.91. The first-order valence-electron chi connectivity index (χ1n) is 9.14. The summed E-state index contributed by atoms with van der Waals surface area (Å²) in [6, 6.07) is 9.08. The summed E-state index contributed by atoms with van der Waals surface area (Å²) in [5.41, 5.74) is 0.753. The predicted molar refractivity (Wildman–Crippen MR) is 108 cm³/mol. The topological polar surface area (TPSA) is 28.4 Å². The van der Waals surface area contributed by atoms with E-state index in [-0.39, 0.29) is 17.2 Å². The highest BCUT2D eigenvalue weighted by Crippen LogP contribution is 2.45. The van der Waals surface area contributed by atoms with E-state index in [1.54, 1.807) is 24.1 Å². The first-order valence-corrected chi connectivity index (χ1v) is 10.3. The molecule has 0 spiro atoms. The largest absolute Gasteiger partial charge is 0.387 e. The van der Waals surface area contributed by atoms with Crippen LogP contribution in [0, 0.1) is 11.6 Å². The highest BCUT2D eigenvalue weighted by molar-refractivity contribution is 7.96. The molecule has 27 heavy (non-hydrogen) atoms. The molecule has 2 aromatic carbocycles. The maximum atomic E-state index is 13.8. The third kappa shape index (κ3) is 3.46. The second kappa shape index (κ2) is 6.47. The number of halogens is 2. The Balaban J connectivity index is 1.76. The van der Waals surface area contributed by atoms with E-state index in [1.807, 2.05) is 17.7 Å². The van der Waals surface area contributed by atoms with Crippen LogP contribution in [-0.4, -0.2) is 37.9 Å². The normalized spacial score (nSPS) is 18.3. The molecule has 0 amide bonds. The van der Waals surface area contributed by atoms with Gasteiger partial charge in [-0.15, -0.1) is 0 Å². The third-order valence-corrected chi connectivity index (χ3v) is 6.58. The van der Waals surface area contributed by atoms with Crippen molar-refractivity contribution in [2.75, 3.05) is 12.8 Å². The minimum atomic E-state index is -0.990. The van der Waals surface area contributed by atoms with Gasteiger partial charge in [0.1, 0.15) is 11.6 Å². The zero-order valence-corrected chi connectivity index (χ0v) is 16.6. The van der Waals surface area contributed by atoms with Crippen LogP contribution in [-0.2, 0) is 6.54 Å². The minimum absolute atomic E-state index is 0.149. The summed E-state index contributed by atoms with van der Waals surface area (Å²) in [5, 5.41) is 12.5. The summed E-state index contributed by atoms with van der Waals surface area (Å²) in [6.07, 6.45) is 4.31. The Morgan fingerprint density at radius 3 is 2.07 bits per heavy atom. The Morgan fingerprint density at radius 2 is 1.63 bits per heavy atom. The van der Waals surface area contributed by atoms with Gasteiger partial charge in [0.2, 0.25) is 0 Å². The van der Waals surface area contributed by atoms with Crippen molar-refractivity contribution in [1.29, 1.82) is 0 Å². The molecule has 1 N–H and O–H groups in total. The van der Waals surface area contributed by atoms with Crippen molar-refractivity contribution in [3.05, 3.63) is 48.0 Å². The van der Waals surface area contributed by atoms with Crippen LogP contribution in [0.15, 0.2) is 36.4 Å². The Bertz CT molecular complexity index is 951. The first-order chi connectivity index (χ1) is 12.7. The van der Waals surface area contributed by atoms with E-state index in [9.17, 15) is 13.9 Å². The first kappa shape index (κ1) is 18.7. The smallest absolute Gasteiger partial charge is 0.123 e. The number of benzene rings is 2. The number of hydrogen-bond donors (Lipinski definition) is 1. The van der Waals surface area contributed by atoms with Gasteiger partial charge in [0.15, 0.2) is 0 Å². The molecular weight excluding hydrogens is 366 g/mol. The number of nitrogens with zero attached hydrogens (tertiary/aromatic N) is 2. The number of rotatable bonds is 6. The molecule has 144 valence electrons. The van der Waals surface area contributed by atoms with Crippen molar-refractivity contribution in [1.82, 2.24) is 8.87 Å². The summed E-state index contributed by atoms with van der Waals surface area (Å²) in [4.78, 5) is 0. The lowest BCUT2D eigenvalue weighted by Gasteiger charge is -2.34. The molecule has 0 saturated heterocycles. The van der Waals surface area contributed by atoms with Crippen molar-refractivity contribution in [2.45, 2.75) is 44.4 Å². The molecule has 1 unspecified atom stereocenters. The molecule has 0 aliphatic heterocycles. The fourth-order valence-corrected chi connectivity index (χ4v) is 4.86. The van der Waals surface area contributed by atoms with Crippen LogP contribution in [0.3, 0.4) is 0 Å². The molecular formula is C21H24F2N2OS. The van der Waals surface area contributed by atoms with Gasteiger partial charge in [0.25, 0.3) is 0 Å². The van der Waals surface area contributed by atoms with Crippen LogP contribution >= 0.6 is 11.9 Å². The lowest BCUT2D eigenvalue weighted by molar-refractivity contribution is 0.0205. The highest BCUT2D eigenvalue weighted by atomic mass is 32.2. The van der Waals surface area contributed by atoms with E-state index < -0.39 is 5.60 Å². The summed E-state index contributed by atoms with van der Waals surface area (Å²) in [7, 11) is 0. The average Bonchev–Trinajstić information content (AvgIpc) is 3.30. The molecule has 1 aliphatic carbocycles. The molecule has 0 bridgehead atoms. The van der Waals surface area contributed by atoms with Gasteiger partial charge >= 0.3 is 0 Å². The molecule has 1 heterocycles. The standard InChI is InChI=1S/C21H24F2N2OS/c1-20(8-9-20)25(27-3)13-21(2,26)12-24-18-6-4-14(22)10-16(18)17-11-15(23)5-7-19(17)24/h4-7,10-11,26H,8-9,12-13H2,1-3H3. The van der Waals surface area contributed by atoms with Gasteiger partial charge in [-0.25, -0.2) is 13.1 Å². The maximum absolute atomic E-state index is 13.8. The van der Waals surface area contributed by atoms with E-state index in [1.165, 1.54) is 24.3 Å². The molecule has 1 saturated carbocycles.